The lowest BCUT2D eigenvalue weighted by molar-refractivity contribution is -0.130. The molecule has 0 radical (unpaired) electrons. The van der Waals surface area contributed by atoms with Gasteiger partial charge in [0.2, 0.25) is 5.91 Å². The summed E-state index contributed by atoms with van der Waals surface area (Å²) in [7, 11) is 0. The molecule has 0 atom stereocenters. The highest BCUT2D eigenvalue weighted by Crippen LogP contribution is 2.08. The van der Waals surface area contributed by atoms with Gasteiger partial charge >= 0.3 is 0 Å². The molecule has 1 saturated heterocycles. The number of rotatable bonds is 5. The number of carbonyl (C=O) groups excluding carboxylic acids is 1. The van der Waals surface area contributed by atoms with Gasteiger partial charge in [0.15, 0.2) is 0 Å². The molecule has 0 aromatic heterocycles. The SMILES string of the molecule is Cl.O=C(CCl)N1CCN(CCOc2ccccc2)CC1. The van der Waals surface area contributed by atoms with Crippen molar-refractivity contribution < 1.29 is 9.53 Å². The number of ether oxygens (including phenoxy) is 1. The predicted molar refractivity (Wildman–Crippen MR) is 82.9 cm³/mol. The minimum atomic E-state index is 0. The highest BCUT2D eigenvalue weighted by atomic mass is 35.5. The predicted octanol–water partition coefficient (Wildman–Crippen LogP) is 1.87. The first-order chi connectivity index (χ1) is 9.29. The standard InChI is InChI=1S/C14H19ClN2O2.ClH/c15-12-14(18)17-8-6-16(7-9-17)10-11-19-13-4-2-1-3-5-13;/h1-5H,6-12H2;1H. The maximum absolute atomic E-state index is 11.4. The normalized spacial score (nSPS) is 15.6. The number of amides is 1. The molecule has 0 N–H and O–H groups in total. The summed E-state index contributed by atoms with van der Waals surface area (Å²) in [6, 6.07) is 9.81. The van der Waals surface area contributed by atoms with Gasteiger partial charge in [-0.2, -0.15) is 0 Å². The van der Waals surface area contributed by atoms with Gasteiger partial charge in [-0.25, -0.2) is 0 Å². The fourth-order valence-electron chi connectivity index (χ4n) is 2.11. The van der Waals surface area contributed by atoms with Crippen molar-refractivity contribution in [1.82, 2.24) is 9.80 Å². The molecular formula is C14H20Cl2N2O2. The van der Waals surface area contributed by atoms with E-state index in [-0.39, 0.29) is 24.2 Å². The molecule has 4 nitrogen and oxygen atoms in total. The Morgan fingerprint density at radius 3 is 2.40 bits per heavy atom. The number of carbonyl (C=O) groups is 1. The number of piperazine rings is 1. The first-order valence-corrected chi connectivity index (χ1v) is 7.07. The summed E-state index contributed by atoms with van der Waals surface area (Å²) in [4.78, 5) is 15.6. The zero-order valence-corrected chi connectivity index (χ0v) is 12.9. The number of nitrogens with zero attached hydrogens (tertiary/aromatic N) is 2. The van der Waals surface area contributed by atoms with Crippen molar-refractivity contribution in [3.8, 4) is 5.75 Å². The van der Waals surface area contributed by atoms with Gasteiger partial charge < -0.3 is 9.64 Å². The number of alkyl halides is 1. The van der Waals surface area contributed by atoms with Crippen molar-refractivity contribution >= 4 is 29.9 Å². The van der Waals surface area contributed by atoms with Crippen LogP contribution in [0.3, 0.4) is 0 Å². The third-order valence-electron chi connectivity index (χ3n) is 3.26. The van der Waals surface area contributed by atoms with Crippen molar-refractivity contribution in [2.45, 2.75) is 0 Å². The first kappa shape index (κ1) is 17.1. The van der Waals surface area contributed by atoms with Crippen LogP contribution in [0.5, 0.6) is 5.75 Å². The summed E-state index contributed by atoms with van der Waals surface area (Å²) in [6.45, 7) is 4.86. The monoisotopic (exact) mass is 318 g/mol. The molecule has 6 heteroatoms. The number of hydrogen-bond acceptors (Lipinski definition) is 3. The van der Waals surface area contributed by atoms with E-state index in [1.807, 2.05) is 35.2 Å². The van der Waals surface area contributed by atoms with Crippen LogP contribution in [0, 0.1) is 0 Å². The number of para-hydroxylation sites is 1. The third kappa shape index (κ3) is 5.19. The van der Waals surface area contributed by atoms with E-state index in [2.05, 4.69) is 4.90 Å². The molecule has 1 aromatic carbocycles. The van der Waals surface area contributed by atoms with Gasteiger partial charge in [0, 0.05) is 32.7 Å². The highest BCUT2D eigenvalue weighted by molar-refractivity contribution is 6.27. The average molecular weight is 319 g/mol. The summed E-state index contributed by atoms with van der Waals surface area (Å²) < 4.78 is 5.66. The molecule has 1 heterocycles. The molecule has 0 aliphatic carbocycles. The zero-order chi connectivity index (χ0) is 13.5. The van der Waals surface area contributed by atoms with Crippen LogP contribution < -0.4 is 4.74 Å². The molecule has 1 amide bonds. The van der Waals surface area contributed by atoms with Crippen LogP contribution in [-0.2, 0) is 4.79 Å². The van der Waals surface area contributed by atoms with Gasteiger partial charge in [-0.1, -0.05) is 18.2 Å². The van der Waals surface area contributed by atoms with Gasteiger partial charge in [0.05, 0.1) is 0 Å². The molecular weight excluding hydrogens is 299 g/mol. The number of hydrogen-bond donors (Lipinski definition) is 0. The van der Waals surface area contributed by atoms with E-state index >= 15 is 0 Å². The summed E-state index contributed by atoms with van der Waals surface area (Å²) in [5.74, 6) is 1.01. The zero-order valence-electron chi connectivity index (χ0n) is 11.3. The Morgan fingerprint density at radius 1 is 1.15 bits per heavy atom. The van der Waals surface area contributed by atoms with Gasteiger partial charge in [0.25, 0.3) is 0 Å². The second kappa shape index (κ2) is 9.06. The van der Waals surface area contributed by atoms with Crippen LogP contribution in [0.15, 0.2) is 30.3 Å². The first-order valence-electron chi connectivity index (χ1n) is 6.53. The minimum Gasteiger partial charge on any atom is -0.492 e. The topological polar surface area (TPSA) is 32.8 Å². The molecule has 20 heavy (non-hydrogen) atoms. The third-order valence-corrected chi connectivity index (χ3v) is 3.49. The number of benzene rings is 1. The van der Waals surface area contributed by atoms with Crippen LogP contribution in [0.2, 0.25) is 0 Å². The fraction of sp³-hybridized carbons (Fsp3) is 0.500. The molecule has 1 aromatic rings. The van der Waals surface area contributed by atoms with E-state index in [9.17, 15) is 4.79 Å². The van der Waals surface area contributed by atoms with Crippen molar-refractivity contribution in [1.29, 1.82) is 0 Å². The van der Waals surface area contributed by atoms with E-state index < -0.39 is 0 Å². The Bertz CT molecular complexity index is 395. The highest BCUT2D eigenvalue weighted by Gasteiger charge is 2.19. The van der Waals surface area contributed by atoms with Gasteiger partial charge in [0.1, 0.15) is 18.2 Å². The smallest absolute Gasteiger partial charge is 0.237 e. The largest absolute Gasteiger partial charge is 0.492 e. The van der Waals surface area contributed by atoms with Crippen LogP contribution >= 0.6 is 24.0 Å². The van der Waals surface area contributed by atoms with Crippen LogP contribution in [0.4, 0.5) is 0 Å². The van der Waals surface area contributed by atoms with E-state index in [1.165, 1.54) is 0 Å². The average Bonchev–Trinajstić information content (AvgIpc) is 2.48. The maximum atomic E-state index is 11.4. The van der Waals surface area contributed by atoms with Crippen LogP contribution in [0.1, 0.15) is 0 Å². The quantitative estimate of drug-likeness (QED) is 0.777. The van der Waals surface area contributed by atoms with Crippen LogP contribution in [-0.4, -0.2) is 60.9 Å². The number of halogens is 2. The minimum absolute atomic E-state index is 0. The molecule has 1 fully saturated rings. The molecule has 2 rings (SSSR count). The molecule has 0 unspecified atom stereocenters. The lowest BCUT2D eigenvalue weighted by Crippen LogP contribution is -2.49. The maximum Gasteiger partial charge on any atom is 0.237 e. The second-order valence-electron chi connectivity index (χ2n) is 4.52. The molecule has 1 aliphatic heterocycles. The van der Waals surface area contributed by atoms with Crippen molar-refractivity contribution in [2.75, 3.05) is 45.2 Å². The Hall–Kier alpha value is -0.970. The van der Waals surface area contributed by atoms with Crippen molar-refractivity contribution in [2.24, 2.45) is 0 Å². The fourth-order valence-corrected chi connectivity index (χ4v) is 2.28. The lowest BCUT2D eigenvalue weighted by Gasteiger charge is -2.34. The second-order valence-corrected chi connectivity index (χ2v) is 4.78. The Morgan fingerprint density at radius 2 is 1.80 bits per heavy atom. The summed E-state index contributed by atoms with van der Waals surface area (Å²) in [5, 5.41) is 0. The lowest BCUT2D eigenvalue weighted by atomic mass is 10.3. The van der Waals surface area contributed by atoms with E-state index in [1.54, 1.807) is 0 Å². The molecule has 1 aliphatic rings. The van der Waals surface area contributed by atoms with Gasteiger partial charge in [-0.15, -0.1) is 24.0 Å². The molecule has 0 spiro atoms. The van der Waals surface area contributed by atoms with E-state index in [4.69, 9.17) is 16.3 Å². The van der Waals surface area contributed by atoms with Crippen LogP contribution in [0.25, 0.3) is 0 Å². The molecule has 112 valence electrons. The Labute approximate surface area is 131 Å². The van der Waals surface area contributed by atoms with Crippen molar-refractivity contribution in [3.05, 3.63) is 30.3 Å². The van der Waals surface area contributed by atoms with Crippen molar-refractivity contribution in [3.63, 3.8) is 0 Å². The molecule has 0 saturated carbocycles. The Balaban J connectivity index is 0.00000200. The summed E-state index contributed by atoms with van der Waals surface area (Å²) in [6.07, 6.45) is 0. The van der Waals surface area contributed by atoms with Gasteiger partial charge in [-0.05, 0) is 12.1 Å². The summed E-state index contributed by atoms with van der Waals surface area (Å²) >= 11 is 5.55. The summed E-state index contributed by atoms with van der Waals surface area (Å²) in [5.41, 5.74) is 0. The van der Waals surface area contributed by atoms with Gasteiger partial charge in [-0.3, -0.25) is 9.69 Å². The van der Waals surface area contributed by atoms with E-state index in [0.29, 0.717) is 6.61 Å². The Kier molecular flexibility index (Phi) is 7.73. The molecule has 0 bridgehead atoms. The van der Waals surface area contributed by atoms with E-state index in [0.717, 1.165) is 38.5 Å².